The van der Waals surface area contributed by atoms with E-state index in [0.29, 0.717) is 16.5 Å². The van der Waals surface area contributed by atoms with Crippen LogP contribution < -0.4 is 10.6 Å². The van der Waals surface area contributed by atoms with E-state index in [4.69, 9.17) is 0 Å². The summed E-state index contributed by atoms with van der Waals surface area (Å²) in [4.78, 5) is 38.6. The van der Waals surface area contributed by atoms with Crippen molar-refractivity contribution in [1.29, 1.82) is 0 Å². The predicted octanol–water partition coefficient (Wildman–Crippen LogP) is 5.79. The largest absolute Gasteiger partial charge is 0.345 e. The van der Waals surface area contributed by atoms with Crippen LogP contribution in [0.5, 0.6) is 0 Å². The summed E-state index contributed by atoms with van der Waals surface area (Å²) < 4.78 is 0. The van der Waals surface area contributed by atoms with Crippen LogP contribution in [-0.2, 0) is 14.4 Å². The molecular formula is C25H38N2O3S. The third-order valence-corrected chi connectivity index (χ3v) is 7.15. The van der Waals surface area contributed by atoms with Crippen LogP contribution in [-0.4, -0.2) is 23.0 Å². The molecule has 0 aliphatic heterocycles. The minimum atomic E-state index is -0.568. The fraction of sp³-hybridized carbons (Fsp3) is 0.640. The molecule has 0 spiro atoms. The van der Waals surface area contributed by atoms with Gasteiger partial charge in [0.1, 0.15) is 6.04 Å². The van der Waals surface area contributed by atoms with Crippen LogP contribution >= 0.6 is 11.8 Å². The van der Waals surface area contributed by atoms with Gasteiger partial charge in [-0.25, -0.2) is 0 Å². The number of para-hydroxylation sites is 1. The van der Waals surface area contributed by atoms with Gasteiger partial charge in [-0.2, -0.15) is 0 Å². The Morgan fingerprint density at radius 3 is 2.26 bits per heavy atom. The van der Waals surface area contributed by atoms with E-state index in [2.05, 4.69) is 24.5 Å². The van der Waals surface area contributed by atoms with Crippen molar-refractivity contribution in [2.24, 2.45) is 17.3 Å². The van der Waals surface area contributed by atoms with E-state index in [1.54, 1.807) is 0 Å². The average Bonchev–Trinajstić information content (AvgIpc) is 2.72. The molecule has 31 heavy (non-hydrogen) atoms. The van der Waals surface area contributed by atoms with Gasteiger partial charge >= 0.3 is 0 Å². The van der Waals surface area contributed by atoms with Crippen LogP contribution in [0.4, 0.5) is 5.69 Å². The maximum absolute atomic E-state index is 13.5. The van der Waals surface area contributed by atoms with Crippen molar-refractivity contribution in [2.45, 2.75) is 90.5 Å². The highest BCUT2D eigenvalue weighted by Gasteiger charge is 2.39. The van der Waals surface area contributed by atoms with Gasteiger partial charge in [-0.1, -0.05) is 59.1 Å². The van der Waals surface area contributed by atoms with Crippen molar-refractivity contribution >= 4 is 34.4 Å². The molecule has 5 nitrogen and oxygen atoms in total. The third-order valence-electron chi connectivity index (χ3n) is 6.12. The highest BCUT2D eigenvalue weighted by molar-refractivity contribution is 8.14. The van der Waals surface area contributed by atoms with Gasteiger partial charge in [0.25, 0.3) is 0 Å². The van der Waals surface area contributed by atoms with Gasteiger partial charge in [0.15, 0.2) is 0 Å². The molecule has 0 radical (unpaired) electrons. The lowest BCUT2D eigenvalue weighted by molar-refractivity contribution is -0.128. The molecule has 0 saturated heterocycles. The first kappa shape index (κ1) is 25.4. The predicted molar refractivity (Wildman–Crippen MR) is 128 cm³/mol. The molecule has 0 aromatic heterocycles. The first-order chi connectivity index (χ1) is 14.6. The van der Waals surface area contributed by atoms with Crippen molar-refractivity contribution in [3.63, 3.8) is 0 Å². The average molecular weight is 447 g/mol. The molecule has 2 N–H and O–H groups in total. The fourth-order valence-corrected chi connectivity index (χ4v) is 5.24. The van der Waals surface area contributed by atoms with E-state index in [1.807, 2.05) is 38.1 Å². The van der Waals surface area contributed by atoms with Crippen molar-refractivity contribution in [1.82, 2.24) is 5.32 Å². The van der Waals surface area contributed by atoms with Crippen LogP contribution in [0.15, 0.2) is 29.2 Å². The monoisotopic (exact) mass is 446 g/mol. The number of carbonyl (C=O) groups excluding carboxylic acids is 3. The van der Waals surface area contributed by atoms with Crippen LogP contribution in [0.25, 0.3) is 0 Å². The SMILES string of the molecule is CC(=O)N[C@H](C(=O)Sc1ccccc1NC(=O)C1(CCC(C)C)CCCCC1)C(C)C. The molecule has 172 valence electrons. The lowest BCUT2D eigenvalue weighted by Gasteiger charge is -2.36. The summed E-state index contributed by atoms with van der Waals surface area (Å²) in [5.41, 5.74) is 0.353. The van der Waals surface area contributed by atoms with E-state index >= 15 is 0 Å². The number of rotatable bonds is 9. The molecule has 6 heteroatoms. The van der Waals surface area contributed by atoms with Gasteiger partial charge in [-0.15, -0.1) is 0 Å². The van der Waals surface area contributed by atoms with Gasteiger partial charge in [0.05, 0.1) is 5.69 Å². The Morgan fingerprint density at radius 2 is 1.68 bits per heavy atom. The maximum atomic E-state index is 13.5. The number of hydrogen-bond acceptors (Lipinski definition) is 4. The quantitative estimate of drug-likeness (QED) is 0.471. The topological polar surface area (TPSA) is 75.3 Å². The van der Waals surface area contributed by atoms with Gasteiger partial charge in [0, 0.05) is 17.2 Å². The van der Waals surface area contributed by atoms with Crippen LogP contribution in [0.1, 0.15) is 79.6 Å². The molecular weight excluding hydrogens is 408 g/mol. The Kier molecular flexibility index (Phi) is 9.60. The standard InChI is InChI=1S/C25H38N2O3S/c1-17(2)13-16-25(14-9-6-10-15-25)24(30)27-20-11-7-8-12-21(20)31-23(29)22(18(3)4)26-19(5)28/h7-8,11-12,17-18,22H,6,9-10,13-16H2,1-5H3,(H,26,28)(H,27,30)/t22-/m0/s1. The number of hydrogen-bond donors (Lipinski definition) is 2. The lowest BCUT2D eigenvalue weighted by Crippen LogP contribution is -2.42. The first-order valence-corrected chi connectivity index (χ1v) is 12.4. The summed E-state index contributed by atoms with van der Waals surface area (Å²) in [6.07, 6.45) is 7.17. The Balaban J connectivity index is 2.19. The summed E-state index contributed by atoms with van der Waals surface area (Å²) in [6.45, 7) is 9.64. The zero-order valence-electron chi connectivity index (χ0n) is 19.6. The van der Waals surface area contributed by atoms with Crippen LogP contribution in [0, 0.1) is 17.3 Å². The van der Waals surface area contributed by atoms with Crippen molar-refractivity contribution in [2.75, 3.05) is 5.32 Å². The second-order valence-corrected chi connectivity index (χ2v) is 10.6. The highest BCUT2D eigenvalue weighted by atomic mass is 32.2. The molecule has 1 fully saturated rings. The van der Waals surface area contributed by atoms with Crippen LogP contribution in [0.3, 0.4) is 0 Å². The van der Waals surface area contributed by atoms with E-state index in [-0.39, 0.29) is 28.3 Å². The summed E-state index contributed by atoms with van der Waals surface area (Å²) >= 11 is 1.09. The fourth-order valence-electron chi connectivity index (χ4n) is 4.19. The maximum Gasteiger partial charge on any atom is 0.230 e. The molecule has 1 aliphatic rings. The molecule has 0 bridgehead atoms. The number of anilines is 1. The van der Waals surface area contributed by atoms with Crippen molar-refractivity contribution in [3.8, 4) is 0 Å². The molecule has 1 aromatic carbocycles. The lowest BCUT2D eigenvalue weighted by atomic mass is 9.69. The van der Waals surface area contributed by atoms with E-state index in [1.165, 1.54) is 13.3 Å². The second kappa shape index (κ2) is 11.7. The molecule has 0 unspecified atom stereocenters. The Hall–Kier alpha value is -1.82. The molecule has 1 aromatic rings. The molecule has 1 aliphatic carbocycles. The van der Waals surface area contributed by atoms with Crippen LogP contribution in [0.2, 0.25) is 0 Å². The molecule has 0 heterocycles. The molecule has 2 amide bonds. The zero-order chi connectivity index (χ0) is 23.0. The Morgan fingerprint density at radius 1 is 1.03 bits per heavy atom. The summed E-state index contributed by atoms with van der Waals surface area (Å²) in [5.74, 6) is 0.398. The Bertz CT molecular complexity index is 770. The number of nitrogens with one attached hydrogen (secondary N) is 2. The van der Waals surface area contributed by atoms with Gasteiger partial charge in [-0.3, -0.25) is 14.4 Å². The Labute approximate surface area is 191 Å². The van der Waals surface area contributed by atoms with Gasteiger partial charge in [-0.05, 0) is 61.4 Å². The number of carbonyl (C=O) groups is 3. The summed E-state index contributed by atoms with van der Waals surface area (Å²) in [5, 5.41) is 5.78. The van der Waals surface area contributed by atoms with E-state index in [9.17, 15) is 14.4 Å². The first-order valence-electron chi connectivity index (χ1n) is 11.5. The van der Waals surface area contributed by atoms with Crippen molar-refractivity contribution in [3.05, 3.63) is 24.3 Å². The third kappa shape index (κ3) is 7.37. The minimum absolute atomic E-state index is 0.0211. The smallest absolute Gasteiger partial charge is 0.230 e. The van der Waals surface area contributed by atoms with Crippen molar-refractivity contribution < 1.29 is 14.4 Å². The molecule has 1 saturated carbocycles. The van der Waals surface area contributed by atoms with E-state index in [0.717, 1.165) is 50.3 Å². The molecule has 1 atom stereocenters. The van der Waals surface area contributed by atoms with Gasteiger partial charge in [0.2, 0.25) is 16.9 Å². The van der Waals surface area contributed by atoms with Gasteiger partial charge < -0.3 is 10.6 Å². The molecule has 2 rings (SSSR count). The minimum Gasteiger partial charge on any atom is -0.345 e. The normalized spacial score (nSPS) is 16.7. The summed E-state index contributed by atoms with van der Waals surface area (Å²) in [7, 11) is 0. The highest BCUT2D eigenvalue weighted by Crippen LogP contribution is 2.42. The number of thioether (sulfide) groups is 1. The number of benzene rings is 1. The summed E-state index contributed by atoms with van der Waals surface area (Å²) in [6, 6.07) is 6.88. The second-order valence-electron chi connectivity index (χ2n) is 9.57. The number of amides is 2. The zero-order valence-corrected chi connectivity index (χ0v) is 20.4. The van der Waals surface area contributed by atoms with E-state index < -0.39 is 6.04 Å².